The summed E-state index contributed by atoms with van der Waals surface area (Å²) >= 11 is 6.16. The minimum Gasteiger partial charge on any atom is -0.488 e. The van der Waals surface area contributed by atoms with Gasteiger partial charge in [-0.2, -0.15) is 0 Å². The SMILES string of the molecule is CC(C)(Oc1ccc(-c2ccc(CCNC(=O)c3cc(Cl)ccc3OCc3ccccc3)cc2)cc1)C(=O)O. The van der Waals surface area contributed by atoms with E-state index < -0.39 is 11.6 Å². The molecule has 6 nitrogen and oxygen atoms in total. The molecule has 4 rings (SSSR count). The summed E-state index contributed by atoms with van der Waals surface area (Å²) in [5, 5.41) is 12.7. The van der Waals surface area contributed by atoms with Gasteiger partial charge < -0.3 is 19.9 Å². The van der Waals surface area contributed by atoms with Gasteiger partial charge in [-0.1, -0.05) is 78.3 Å². The molecule has 0 aliphatic carbocycles. The molecule has 7 heteroatoms. The van der Waals surface area contributed by atoms with E-state index in [2.05, 4.69) is 5.32 Å². The van der Waals surface area contributed by atoms with Crippen LogP contribution in [-0.2, 0) is 17.8 Å². The van der Waals surface area contributed by atoms with Gasteiger partial charge in [-0.25, -0.2) is 4.79 Å². The minimum atomic E-state index is -1.30. The quantitative estimate of drug-likeness (QED) is 0.217. The van der Waals surface area contributed by atoms with Crippen LogP contribution in [0.5, 0.6) is 11.5 Å². The third kappa shape index (κ3) is 7.62. The van der Waals surface area contributed by atoms with Gasteiger partial charge in [-0.15, -0.1) is 0 Å². The van der Waals surface area contributed by atoms with Crippen LogP contribution in [0.25, 0.3) is 11.1 Å². The normalized spacial score (nSPS) is 11.1. The number of carboxylic acid groups (broad SMARTS) is 1. The van der Waals surface area contributed by atoms with Crippen LogP contribution in [0.3, 0.4) is 0 Å². The summed E-state index contributed by atoms with van der Waals surface area (Å²) in [7, 11) is 0. The van der Waals surface area contributed by atoms with Crippen molar-refractivity contribution in [3.63, 3.8) is 0 Å². The first kappa shape index (κ1) is 27.7. The Labute approximate surface area is 233 Å². The highest BCUT2D eigenvalue weighted by atomic mass is 35.5. The lowest BCUT2D eigenvalue weighted by atomic mass is 10.0. The van der Waals surface area contributed by atoms with Crippen LogP contribution in [0.4, 0.5) is 0 Å². The molecule has 0 bridgehead atoms. The van der Waals surface area contributed by atoms with Crippen molar-refractivity contribution in [3.05, 3.63) is 119 Å². The topological polar surface area (TPSA) is 84.9 Å². The molecule has 0 heterocycles. The summed E-state index contributed by atoms with van der Waals surface area (Å²) in [4.78, 5) is 24.2. The van der Waals surface area contributed by atoms with Crippen LogP contribution in [0.1, 0.15) is 35.3 Å². The molecule has 4 aromatic carbocycles. The first-order valence-corrected chi connectivity index (χ1v) is 13.0. The second-order valence-electron chi connectivity index (χ2n) is 9.56. The van der Waals surface area contributed by atoms with Crippen LogP contribution in [0, 0.1) is 0 Å². The van der Waals surface area contributed by atoms with Crippen LogP contribution >= 0.6 is 11.6 Å². The highest BCUT2D eigenvalue weighted by molar-refractivity contribution is 6.31. The van der Waals surface area contributed by atoms with Crippen molar-refractivity contribution in [2.24, 2.45) is 0 Å². The average molecular weight is 544 g/mol. The Morgan fingerprint density at radius 2 is 1.49 bits per heavy atom. The fraction of sp³-hybridized carbons (Fsp3) is 0.188. The molecule has 39 heavy (non-hydrogen) atoms. The predicted octanol–water partition coefficient (Wildman–Crippen LogP) is 6.80. The number of benzene rings is 4. The van der Waals surface area contributed by atoms with Gasteiger partial charge in [0.1, 0.15) is 18.1 Å². The second kappa shape index (κ2) is 12.5. The third-order valence-corrected chi connectivity index (χ3v) is 6.39. The Balaban J connectivity index is 1.32. The van der Waals surface area contributed by atoms with Crippen molar-refractivity contribution >= 4 is 23.5 Å². The zero-order valence-electron chi connectivity index (χ0n) is 21.8. The summed E-state index contributed by atoms with van der Waals surface area (Å²) in [6.07, 6.45) is 0.657. The first-order chi connectivity index (χ1) is 18.7. The van der Waals surface area contributed by atoms with Gasteiger partial charge in [0, 0.05) is 11.6 Å². The molecule has 4 aromatic rings. The smallest absolute Gasteiger partial charge is 0.347 e. The van der Waals surface area contributed by atoms with Crippen LogP contribution in [0.2, 0.25) is 5.02 Å². The molecule has 0 spiro atoms. The number of carbonyl (C=O) groups is 2. The lowest BCUT2D eigenvalue weighted by molar-refractivity contribution is -0.152. The van der Waals surface area contributed by atoms with E-state index in [4.69, 9.17) is 21.1 Å². The lowest BCUT2D eigenvalue weighted by Crippen LogP contribution is -2.37. The summed E-state index contributed by atoms with van der Waals surface area (Å²) in [6, 6.07) is 30.2. The molecule has 0 unspecified atom stereocenters. The summed E-state index contributed by atoms with van der Waals surface area (Å²) in [6.45, 7) is 3.83. The maximum Gasteiger partial charge on any atom is 0.347 e. The van der Waals surface area contributed by atoms with Crippen LogP contribution in [0.15, 0.2) is 97.1 Å². The lowest BCUT2D eigenvalue weighted by Gasteiger charge is -2.21. The molecule has 0 atom stereocenters. The predicted molar refractivity (Wildman–Crippen MR) is 152 cm³/mol. The van der Waals surface area contributed by atoms with E-state index in [1.807, 2.05) is 66.7 Å². The van der Waals surface area contributed by atoms with Gasteiger partial charge in [-0.05, 0) is 72.9 Å². The zero-order valence-corrected chi connectivity index (χ0v) is 22.6. The molecule has 0 radical (unpaired) electrons. The number of amides is 1. The van der Waals surface area contributed by atoms with E-state index in [0.29, 0.717) is 41.7 Å². The molecule has 0 aliphatic rings. The molecule has 200 valence electrons. The highest BCUT2D eigenvalue weighted by Gasteiger charge is 2.29. The largest absolute Gasteiger partial charge is 0.488 e. The number of carboxylic acids is 1. The summed E-state index contributed by atoms with van der Waals surface area (Å²) in [5.74, 6) is -0.298. The Kier molecular flexibility index (Phi) is 8.89. The minimum absolute atomic E-state index is 0.245. The number of halogens is 1. The summed E-state index contributed by atoms with van der Waals surface area (Å²) in [5.41, 5.74) is 3.18. The van der Waals surface area contributed by atoms with E-state index in [1.54, 1.807) is 30.3 Å². The number of hydrogen-bond donors (Lipinski definition) is 2. The standard InChI is InChI=1S/C32H30ClNO5/c1-32(2,31(36)37)39-27-15-12-25(13-16-27)24-10-8-22(9-11-24)18-19-34-30(35)28-20-26(33)14-17-29(28)38-21-23-6-4-3-5-7-23/h3-17,20H,18-19,21H2,1-2H3,(H,34,35)(H,36,37). The number of hydrogen-bond acceptors (Lipinski definition) is 4. The molecule has 0 fully saturated rings. The van der Waals surface area contributed by atoms with Crippen molar-refractivity contribution in [2.75, 3.05) is 6.54 Å². The van der Waals surface area contributed by atoms with Gasteiger partial charge in [-0.3, -0.25) is 4.79 Å². The van der Waals surface area contributed by atoms with E-state index in [1.165, 1.54) is 13.8 Å². The van der Waals surface area contributed by atoms with Gasteiger partial charge in [0.2, 0.25) is 0 Å². The van der Waals surface area contributed by atoms with Crippen LogP contribution < -0.4 is 14.8 Å². The van der Waals surface area contributed by atoms with Gasteiger partial charge in [0.05, 0.1) is 5.56 Å². The molecule has 0 aliphatic heterocycles. The second-order valence-corrected chi connectivity index (χ2v) is 10.00. The average Bonchev–Trinajstić information content (AvgIpc) is 2.93. The molecule has 1 amide bonds. The Hall–Kier alpha value is -4.29. The van der Waals surface area contributed by atoms with E-state index in [9.17, 15) is 14.7 Å². The zero-order chi connectivity index (χ0) is 27.8. The van der Waals surface area contributed by atoms with Gasteiger partial charge >= 0.3 is 5.97 Å². The molecule has 0 saturated heterocycles. The van der Waals surface area contributed by atoms with Crippen molar-refractivity contribution in [2.45, 2.75) is 32.5 Å². The van der Waals surface area contributed by atoms with Crippen molar-refractivity contribution < 1.29 is 24.2 Å². The van der Waals surface area contributed by atoms with Crippen molar-refractivity contribution in [1.82, 2.24) is 5.32 Å². The highest BCUT2D eigenvalue weighted by Crippen LogP contribution is 2.26. The molecular formula is C32H30ClNO5. The molecule has 0 saturated carbocycles. The Bertz CT molecular complexity index is 1420. The molecule has 0 aromatic heterocycles. The number of carbonyl (C=O) groups excluding carboxylic acids is 1. The van der Waals surface area contributed by atoms with Gasteiger partial charge in [0.25, 0.3) is 5.91 Å². The maximum absolute atomic E-state index is 12.9. The summed E-state index contributed by atoms with van der Waals surface area (Å²) < 4.78 is 11.5. The van der Waals surface area contributed by atoms with Gasteiger partial charge in [0.15, 0.2) is 5.60 Å². The monoisotopic (exact) mass is 543 g/mol. The van der Waals surface area contributed by atoms with E-state index in [-0.39, 0.29) is 5.91 Å². The van der Waals surface area contributed by atoms with E-state index >= 15 is 0 Å². The van der Waals surface area contributed by atoms with Crippen LogP contribution in [-0.4, -0.2) is 29.1 Å². The van der Waals surface area contributed by atoms with E-state index in [0.717, 1.165) is 22.3 Å². The maximum atomic E-state index is 12.9. The molecular weight excluding hydrogens is 514 g/mol. The number of aliphatic carboxylic acids is 1. The van der Waals surface area contributed by atoms with Crippen molar-refractivity contribution in [3.8, 4) is 22.6 Å². The van der Waals surface area contributed by atoms with Crippen molar-refractivity contribution in [1.29, 1.82) is 0 Å². The number of ether oxygens (including phenoxy) is 2. The fourth-order valence-corrected chi connectivity index (χ4v) is 4.05. The Morgan fingerprint density at radius 1 is 0.846 bits per heavy atom. The first-order valence-electron chi connectivity index (χ1n) is 12.6. The fourth-order valence-electron chi connectivity index (χ4n) is 3.87. The molecule has 2 N–H and O–H groups in total. The Morgan fingerprint density at radius 3 is 2.13 bits per heavy atom. The third-order valence-electron chi connectivity index (χ3n) is 6.15. The number of rotatable bonds is 11. The number of nitrogens with one attached hydrogen (secondary N) is 1.